The molecule has 0 radical (unpaired) electrons. The number of aliphatic hydroxyl groups excluding tert-OH is 2. The van der Waals surface area contributed by atoms with Crippen LogP contribution in [0.15, 0.2) is 60.7 Å². The van der Waals surface area contributed by atoms with E-state index >= 15 is 0 Å². The van der Waals surface area contributed by atoms with E-state index in [0.29, 0.717) is 0 Å². The fourth-order valence-corrected chi connectivity index (χ4v) is 3.37. The normalized spacial score (nSPS) is 11.5. The standard InChI is InChI=1S/C20H16O2/c21-11-14-4-2-6-17-16(14)9-10-19-18(17)8-7-13-3-1-5-15(12-22)20(13)19/h1-10,21-22H,11-12H2. The highest BCUT2D eigenvalue weighted by Crippen LogP contribution is 2.34. The predicted molar refractivity (Wildman–Crippen MR) is 90.8 cm³/mol. The molecule has 0 heterocycles. The van der Waals surface area contributed by atoms with E-state index in [1.807, 2.05) is 24.3 Å². The van der Waals surface area contributed by atoms with E-state index in [1.54, 1.807) is 0 Å². The lowest BCUT2D eigenvalue weighted by atomic mass is 9.93. The Balaban J connectivity index is 2.23. The molecule has 0 aliphatic rings. The summed E-state index contributed by atoms with van der Waals surface area (Å²) in [5.74, 6) is 0. The molecule has 2 nitrogen and oxygen atoms in total. The first-order chi connectivity index (χ1) is 10.8. The third kappa shape index (κ3) is 1.82. The molecule has 0 aromatic heterocycles. The molecule has 0 saturated heterocycles. The van der Waals surface area contributed by atoms with Crippen LogP contribution in [0.5, 0.6) is 0 Å². The molecule has 2 heteroatoms. The lowest BCUT2D eigenvalue weighted by Crippen LogP contribution is -1.90. The van der Waals surface area contributed by atoms with Gasteiger partial charge in [-0.3, -0.25) is 0 Å². The Kier molecular flexibility index (Phi) is 3.07. The van der Waals surface area contributed by atoms with Crippen LogP contribution in [0.2, 0.25) is 0 Å². The van der Waals surface area contributed by atoms with Gasteiger partial charge in [-0.25, -0.2) is 0 Å². The molecule has 0 aliphatic heterocycles. The van der Waals surface area contributed by atoms with Gasteiger partial charge in [-0.2, -0.15) is 0 Å². The molecule has 0 aliphatic carbocycles. The zero-order valence-corrected chi connectivity index (χ0v) is 12.1. The molecular weight excluding hydrogens is 272 g/mol. The van der Waals surface area contributed by atoms with E-state index in [1.165, 1.54) is 0 Å². The molecule has 0 bridgehead atoms. The Labute approximate surface area is 128 Å². The molecule has 2 N–H and O–H groups in total. The molecule has 0 saturated carbocycles. The average molecular weight is 288 g/mol. The van der Waals surface area contributed by atoms with Gasteiger partial charge in [0.2, 0.25) is 0 Å². The Bertz CT molecular complexity index is 1000. The van der Waals surface area contributed by atoms with Gasteiger partial charge in [0.25, 0.3) is 0 Å². The Hall–Kier alpha value is -2.42. The number of hydrogen-bond donors (Lipinski definition) is 2. The van der Waals surface area contributed by atoms with Gasteiger partial charge in [0.05, 0.1) is 13.2 Å². The molecule has 0 spiro atoms. The van der Waals surface area contributed by atoms with Gasteiger partial charge in [-0.05, 0) is 43.4 Å². The van der Waals surface area contributed by atoms with E-state index in [-0.39, 0.29) is 13.2 Å². The minimum atomic E-state index is 0.0329. The fourth-order valence-electron chi connectivity index (χ4n) is 3.37. The quantitative estimate of drug-likeness (QED) is 0.544. The molecule has 4 aromatic carbocycles. The van der Waals surface area contributed by atoms with Crippen LogP contribution in [0.25, 0.3) is 32.3 Å². The number of rotatable bonds is 2. The van der Waals surface area contributed by atoms with Crippen molar-refractivity contribution in [3.63, 3.8) is 0 Å². The number of benzene rings is 4. The summed E-state index contributed by atoms with van der Waals surface area (Å²) in [4.78, 5) is 0. The minimum absolute atomic E-state index is 0.0329. The first-order valence-electron chi connectivity index (χ1n) is 7.40. The third-order valence-corrected chi connectivity index (χ3v) is 4.42. The Morgan fingerprint density at radius 2 is 1.18 bits per heavy atom. The second-order valence-corrected chi connectivity index (χ2v) is 5.57. The fraction of sp³-hybridized carbons (Fsp3) is 0.100. The predicted octanol–water partition coefficient (Wildman–Crippen LogP) is 4.13. The highest BCUT2D eigenvalue weighted by Gasteiger charge is 2.09. The average Bonchev–Trinajstić information content (AvgIpc) is 2.59. The molecule has 108 valence electrons. The first kappa shape index (κ1) is 13.3. The van der Waals surface area contributed by atoms with Crippen molar-refractivity contribution >= 4 is 32.3 Å². The molecule has 4 aromatic rings. The Morgan fingerprint density at radius 3 is 2.00 bits per heavy atom. The summed E-state index contributed by atoms with van der Waals surface area (Å²) in [6.45, 7) is 0.0729. The number of fused-ring (bicyclic) bond motifs is 5. The summed E-state index contributed by atoms with van der Waals surface area (Å²) in [6.07, 6.45) is 0. The zero-order valence-electron chi connectivity index (χ0n) is 12.1. The van der Waals surface area contributed by atoms with Gasteiger partial charge < -0.3 is 10.2 Å². The van der Waals surface area contributed by atoms with Gasteiger partial charge in [0, 0.05) is 0 Å². The van der Waals surface area contributed by atoms with Crippen LogP contribution in [-0.2, 0) is 13.2 Å². The van der Waals surface area contributed by atoms with E-state index in [9.17, 15) is 10.2 Å². The van der Waals surface area contributed by atoms with Crippen molar-refractivity contribution in [2.45, 2.75) is 13.2 Å². The van der Waals surface area contributed by atoms with Crippen LogP contribution in [0, 0.1) is 0 Å². The SMILES string of the molecule is OCc1cccc2c1ccc1c2ccc2cccc(CO)c21. The van der Waals surface area contributed by atoms with E-state index in [4.69, 9.17) is 0 Å². The summed E-state index contributed by atoms with van der Waals surface area (Å²) < 4.78 is 0. The summed E-state index contributed by atoms with van der Waals surface area (Å²) in [7, 11) is 0. The van der Waals surface area contributed by atoms with Gasteiger partial charge in [0.1, 0.15) is 0 Å². The van der Waals surface area contributed by atoms with Crippen LogP contribution >= 0.6 is 0 Å². The monoisotopic (exact) mass is 288 g/mol. The summed E-state index contributed by atoms with van der Waals surface area (Å²) in [5, 5.41) is 25.9. The van der Waals surface area contributed by atoms with Crippen molar-refractivity contribution < 1.29 is 10.2 Å². The van der Waals surface area contributed by atoms with Crippen molar-refractivity contribution in [2.24, 2.45) is 0 Å². The highest BCUT2D eigenvalue weighted by atomic mass is 16.3. The third-order valence-electron chi connectivity index (χ3n) is 4.42. The van der Waals surface area contributed by atoms with Crippen LogP contribution in [-0.4, -0.2) is 10.2 Å². The largest absolute Gasteiger partial charge is 0.392 e. The maximum absolute atomic E-state index is 9.66. The zero-order chi connectivity index (χ0) is 15.1. The highest BCUT2D eigenvalue weighted by molar-refractivity contribution is 6.18. The lowest BCUT2D eigenvalue weighted by molar-refractivity contribution is 0.283. The van der Waals surface area contributed by atoms with Gasteiger partial charge in [0.15, 0.2) is 0 Å². The summed E-state index contributed by atoms with van der Waals surface area (Å²) in [5.41, 5.74) is 1.88. The van der Waals surface area contributed by atoms with E-state index in [0.717, 1.165) is 43.4 Å². The maximum atomic E-state index is 9.66. The molecule has 0 unspecified atom stereocenters. The maximum Gasteiger partial charge on any atom is 0.0688 e. The first-order valence-corrected chi connectivity index (χ1v) is 7.40. The van der Waals surface area contributed by atoms with E-state index < -0.39 is 0 Å². The van der Waals surface area contributed by atoms with Crippen LogP contribution in [0.4, 0.5) is 0 Å². The van der Waals surface area contributed by atoms with Crippen molar-refractivity contribution in [3.05, 3.63) is 71.8 Å². The van der Waals surface area contributed by atoms with Crippen molar-refractivity contribution in [1.29, 1.82) is 0 Å². The van der Waals surface area contributed by atoms with Gasteiger partial charge >= 0.3 is 0 Å². The number of aliphatic hydroxyl groups is 2. The van der Waals surface area contributed by atoms with E-state index in [2.05, 4.69) is 36.4 Å². The topological polar surface area (TPSA) is 40.5 Å². The van der Waals surface area contributed by atoms with Crippen molar-refractivity contribution in [3.8, 4) is 0 Å². The lowest BCUT2D eigenvalue weighted by Gasteiger charge is -2.12. The molecule has 0 amide bonds. The van der Waals surface area contributed by atoms with Gasteiger partial charge in [-0.15, -0.1) is 0 Å². The second kappa shape index (κ2) is 5.09. The Morgan fingerprint density at radius 1 is 0.545 bits per heavy atom. The van der Waals surface area contributed by atoms with Crippen LogP contribution < -0.4 is 0 Å². The van der Waals surface area contributed by atoms with Crippen molar-refractivity contribution in [1.82, 2.24) is 0 Å². The molecular formula is C20H16O2. The number of hydrogen-bond acceptors (Lipinski definition) is 2. The summed E-state index contributed by atoms with van der Waals surface area (Å²) in [6, 6.07) is 20.4. The van der Waals surface area contributed by atoms with Gasteiger partial charge in [-0.1, -0.05) is 60.7 Å². The molecule has 0 atom stereocenters. The minimum Gasteiger partial charge on any atom is -0.392 e. The van der Waals surface area contributed by atoms with Crippen LogP contribution in [0.3, 0.4) is 0 Å². The molecule has 4 rings (SSSR count). The smallest absolute Gasteiger partial charge is 0.0688 e. The molecule has 22 heavy (non-hydrogen) atoms. The molecule has 0 fully saturated rings. The van der Waals surface area contributed by atoms with Crippen LogP contribution in [0.1, 0.15) is 11.1 Å². The van der Waals surface area contributed by atoms with Crippen molar-refractivity contribution in [2.75, 3.05) is 0 Å². The summed E-state index contributed by atoms with van der Waals surface area (Å²) >= 11 is 0. The second-order valence-electron chi connectivity index (χ2n) is 5.57.